The van der Waals surface area contributed by atoms with Gasteiger partial charge in [0.25, 0.3) is 10.0 Å². The van der Waals surface area contributed by atoms with Gasteiger partial charge in [-0.3, -0.25) is 13.9 Å². The molecule has 3 rings (SSSR count). The van der Waals surface area contributed by atoms with Crippen LogP contribution in [0.25, 0.3) is 0 Å². The molecule has 3 aromatic carbocycles. The second-order valence-electron chi connectivity index (χ2n) is 10.4. The summed E-state index contributed by atoms with van der Waals surface area (Å²) in [7, 11) is -4.26. The monoisotopic (exact) mass is 663 g/mol. The van der Waals surface area contributed by atoms with Crippen LogP contribution < -0.4 is 14.4 Å². The molecule has 3 aromatic rings. The first-order valence-corrected chi connectivity index (χ1v) is 15.7. The molecule has 8 nitrogen and oxygen atoms in total. The molecule has 0 aromatic heterocycles. The van der Waals surface area contributed by atoms with Gasteiger partial charge >= 0.3 is 0 Å². The summed E-state index contributed by atoms with van der Waals surface area (Å²) in [6.45, 7) is 8.77. The number of halogens is 2. The first kappa shape index (κ1) is 32.4. The Balaban J connectivity index is 2.09. The second-order valence-corrected chi connectivity index (χ2v) is 13.6. The number of hydrogen-bond donors (Lipinski definition) is 1. The molecule has 2 amide bonds. The summed E-state index contributed by atoms with van der Waals surface area (Å²) in [5.41, 5.74) is 0.438. The third-order valence-corrected chi connectivity index (χ3v) is 8.54. The number of nitrogens with one attached hydrogen (secondary N) is 1. The third-order valence-electron chi connectivity index (χ3n) is 6.02. The van der Waals surface area contributed by atoms with Gasteiger partial charge in [-0.25, -0.2) is 8.42 Å². The average Bonchev–Trinajstić information content (AvgIpc) is 2.90. The molecule has 0 radical (unpaired) electrons. The van der Waals surface area contributed by atoms with E-state index in [0.717, 1.165) is 14.3 Å². The summed E-state index contributed by atoms with van der Waals surface area (Å²) in [5.74, 6) is -0.620. The standard InChI is InChI=1S/C30H35BrClN3O5S/c1-6-40-27-13-8-7-12-26(27)35(41(38,39)25-16-14-24(32)15-17-25)20-28(36)34(19-22-10-9-11-23(31)18-22)21(2)29(37)33-30(3,4)5/h7-18,21H,6,19-20H2,1-5H3,(H,33,37)/t21-/m0/s1. The maximum absolute atomic E-state index is 14.1. The summed E-state index contributed by atoms with van der Waals surface area (Å²) >= 11 is 9.47. The Hall–Kier alpha value is -3.08. The topological polar surface area (TPSA) is 96.0 Å². The number of carbonyl (C=O) groups is 2. The van der Waals surface area contributed by atoms with Crippen molar-refractivity contribution in [1.29, 1.82) is 0 Å². The van der Waals surface area contributed by atoms with Crippen LogP contribution in [0.1, 0.15) is 40.2 Å². The lowest BCUT2D eigenvalue weighted by Gasteiger charge is -2.33. The van der Waals surface area contributed by atoms with Gasteiger partial charge in [-0.15, -0.1) is 0 Å². The Morgan fingerprint density at radius 1 is 1.02 bits per heavy atom. The van der Waals surface area contributed by atoms with Gasteiger partial charge in [-0.2, -0.15) is 0 Å². The Morgan fingerprint density at radius 2 is 1.68 bits per heavy atom. The summed E-state index contributed by atoms with van der Waals surface area (Å²) in [5, 5.41) is 3.29. The van der Waals surface area contributed by atoms with E-state index in [9.17, 15) is 18.0 Å². The van der Waals surface area contributed by atoms with Crippen molar-refractivity contribution in [3.8, 4) is 5.75 Å². The van der Waals surface area contributed by atoms with Gasteiger partial charge in [-0.05, 0) is 88.7 Å². The van der Waals surface area contributed by atoms with Crippen LogP contribution in [0.4, 0.5) is 5.69 Å². The van der Waals surface area contributed by atoms with Crippen LogP contribution in [0.15, 0.2) is 82.2 Å². The Morgan fingerprint density at radius 3 is 2.29 bits per heavy atom. The van der Waals surface area contributed by atoms with E-state index < -0.39 is 34.1 Å². The molecule has 0 heterocycles. The van der Waals surface area contributed by atoms with E-state index in [0.29, 0.717) is 17.4 Å². The predicted molar refractivity (Wildman–Crippen MR) is 166 cm³/mol. The highest BCUT2D eigenvalue weighted by atomic mass is 79.9. The molecule has 11 heteroatoms. The van der Waals surface area contributed by atoms with Crippen molar-refractivity contribution in [3.63, 3.8) is 0 Å². The number of anilines is 1. The van der Waals surface area contributed by atoms with Gasteiger partial charge in [0.1, 0.15) is 18.3 Å². The Bertz CT molecular complexity index is 1480. The van der Waals surface area contributed by atoms with E-state index in [1.54, 1.807) is 38.1 Å². The number of ether oxygens (including phenoxy) is 1. The second kappa shape index (κ2) is 13.7. The van der Waals surface area contributed by atoms with Crippen LogP contribution in [-0.2, 0) is 26.2 Å². The maximum atomic E-state index is 14.1. The predicted octanol–water partition coefficient (Wildman–Crippen LogP) is 6.03. The molecule has 0 bridgehead atoms. The van der Waals surface area contributed by atoms with E-state index in [1.165, 1.54) is 29.2 Å². The van der Waals surface area contributed by atoms with Crippen molar-refractivity contribution in [3.05, 3.63) is 87.9 Å². The minimum Gasteiger partial charge on any atom is -0.492 e. The minimum atomic E-state index is -4.26. The van der Waals surface area contributed by atoms with Crippen molar-refractivity contribution >= 4 is 55.1 Å². The van der Waals surface area contributed by atoms with Crippen LogP contribution >= 0.6 is 27.5 Å². The zero-order valence-electron chi connectivity index (χ0n) is 23.7. The summed E-state index contributed by atoms with van der Waals surface area (Å²) in [4.78, 5) is 28.7. The average molecular weight is 665 g/mol. The van der Waals surface area contributed by atoms with Crippen LogP contribution in [0, 0.1) is 0 Å². The van der Waals surface area contributed by atoms with Crippen molar-refractivity contribution in [2.75, 3.05) is 17.5 Å². The Labute approximate surface area is 255 Å². The molecule has 1 N–H and O–H groups in total. The van der Waals surface area contributed by atoms with E-state index in [2.05, 4.69) is 21.2 Å². The van der Waals surface area contributed by atoms with E-state index in [1.807, 2.05) is 45.0 Å². The zero-order chi connectivity index (χ0) is 30.4. The fourth-order valence-corrected chi connectivity index (χ4v) is 6.07. The number of carbonyl (C=O) groups excluding carboxylic acids is 2. The van der Waals surface area contributed by atoms with Gasteiger partial charge < -0.3 is 15.0 Å². The first-order chi connectivity index (χ1) is 19.2. The SMILES string of the molecule is CCOc1ccccc1N(CC(=O)N(Cc1cccc(Br)c1)[C@@H](C)C(=O)NC(C)(C)C)S(=O)(=O)c1ccc(Cl)cc1. The molecule has 1 atom stereocenters. The molecule has 0 aliphatic rings. The highest BCUT2D eigenvalue weighted by molar-refractivity contribution is 9.10. The zero-order valence-corrected chi connectivity index (χ0v) is 26.9. The highest BCUT2D eigenvalue weighted by Gasteiger charge is 2.34. The third kappa shape index (κ3) is 8.70. The largest absolute Gasteiger partial charge is 0.492 e. The number of nitrogens with zero attached hydrogens (tertiary/aromatic N) is 2. The molecular formula is C30H35BrClN3O5S. The molecule has 220 valence electrons. The normalized spacial score (nSPS) is 12.4. The van der Waals surface area contributed by atoms with Crippen molar-refractivity contribution in [2.24, 2.45) is 0 Å². The molecule has 0 fully saturated rings. The lowest BCUT2D eigenvalue weighted by Crippen LogP contribution is -2.54. The number of amides is 2. The molecule has 0 aliphatic heterocycles. The Kier molecular flexibility index (Phi) is 10.9. The first-order valence-electron chi connectivity index (χ1n) is 13.1. The summed E-state index contributed by atoms with van der Waals surface area (Å²) in [6, 6.07) is 18.8. The van der Waals surface area contributed by atoms with Gasteiger partial charge in [0, 0.05) is 21.6 Å². The number of rotatable bonds is 11. The molecular weight excluding hydrogens is 630 g/mol. The number of benzene rings is 3. The molecule has 0 aliphatic carbocycles. The van der Waals surface area contributed by atoms with Crippen molar-refractivity contribution < 1.29 is 22.7 Å². The minimum absolute atomic E-state index is 0.0435. The molecule has 0 unspecified atom stereocenters. The molecule has 0 saturated carbocycles. The van der Waals surface area contributed by atoms with E-state index >= 15 is 0 Å². The fraction of sp³-hybridized carbons (Fsp3) is 0.333. The van der Waals surface area contributed by atoms with Crippen LogP contribution in [0.3, 0.4) is 0 Å². The van der Waals surface area contributed by atoms with Gasteiger partial charge in [0.2, 0.25) is 11.8 Å². The number of sulfonamides is 1. The maximum Gasteiger partial charge on any atom is 0.264 e. The molecule has 0 spiro atoms. The number of hydrogen-bond acceptors (Lipinski definition) is 5. The fourth-order valence-electron chi connectivity index (χ4n) is 4.08. The summed E-state index contributed by atoms with van der Waals surface area (Å²) in [6.07, 6.45) is 0. The lowest BCUT2D eigenvalue weighted by molar-refractivity contribution is -0.140. The van der Waals surface area contributed by atoms with Gasteiger partial charge in [-0.1, -0.05) is 51.8 Å². The molecule has 0 saturated heterocycles. The molecule has 41 heavy (non-hydrogen) atoms. The number of para-hydroxylation sites is 2. The van der Waals surface area contributed by atoms with Gasteiger partial charge in [0.05, 0.1) is 17.2 Å². The highest BCUT2D eigenvalue weighted by Crippen LogP contribution is 2.33. The quantitative estimate of drug-likeness (QED) is 0.270. The summed E-state index contributed by atoms with van der Waals surface area (Å²) < 4.78 is 35.6. The lowest BCUT2D eigenvalue weighted by atomic mass is 10.1. The van der Waals surface area contributed by atoms with Crippen LogP contribution in [-0.4, -0.2) is 49.9 Å². The van der Waals surface area contributed by atoms with E-state index in [4.69, 9.17) is 16.3 Å². The van der Waals surface area contributed by atoms with Crippen molar-refractivity contribution in [2.45, 2.75) is 57.6 Å². The van der Waals surface area contributed by atoms with Gasteiger partial charge in [0.15, 0.2) is 0 Å². The van der Waals surface area contributed by atoms with Crippen molar-refractivity contribution in [1.82, 2.24) is 10.2 Å². The van der Waals surface area contributed by atoms with Crippen LogP contribution in [0.2, 0.25) is 5.02 Å². The van der Waals surface area contributed by atoms with E-state index in [-0.39, 0.29) is 23.0 Å². The van der Waals surface area contributed by atoms with Crippen LogP contribution in [0.5, 0.6) is 5.75 Å². The smallest absolute Gasteiger partial charge is 0.264 e.